The molecule has 124 valence electrons. The summed E-state index contributed by atoms with van der Waals surface area (Å²) in [7, 11) is 0. The highest BCUT2D eigenvalue weighted by Gasteiger charge is 2.33. The predicted molar refractivity (Wildman–Crippen MR) is 79.9 cm³/mol. The molecule has 1 heterocycles. The number of hydrogen-bond donors (Lipinski definition) is 2. The average molecular weight is 326 g/mol. The minimum Gasteiger partial charge on any atom is -0.338 e. The number of carbonyl (C=O) groups is 1. The molecule has 8 heteroatoms. The Morgan fingerprint density at radius 2 is 2.04 bits per heavy atom. The van der Waals surface area contributed by atoms with E-state index in [9.17, 15) is 18.0 Å². The highest BCUT2D eigenvalue weighted by Crippen LogP contribution is 2.34. The number of para-hydroxylation sites is 1. The Labute approximate surface area is 131 Å². The van der Waals surface area contributed by atoms with E-state index in [0.29, 0.717) is 13.1 Å². The number of amides is 2. The fraction of sp³-hybridized carbons (Fsp3) is 0.333. The van der Waals surface area contributed by atoms with E-state index in [0.717, 1.165) is 6.07 Å². The van der Waals surface area contributed by atoms with Gasteiger partial charge in [0.2, 0.25) is 0 Å². The van der Waals surface area contributed by atoms with Crippen LogP contribution >= 0.6 is 0 Å². The highest BCUT2D eigenvalue weighted by molar-refractivity contribution is 5.90. The first kappa shape index (κ1) is 16.9. The zero-order chi connectivity index (χ0) is 16.9. The standard InChI is InChI=1S/C15H17F3N4O/c1-11(10-22-8-4-7-20-22)9-19-14(23)21-13-6-3-2-5-12(13)15(16,17)18/h2-8,11H,9-10H2,1H3,(H2,19,21,23)/t11-/m1/s1. The summed E-state index contributed by atoms with van der Waals surface area (Å²) in [6.45, 7) is 2.83. The Morgan fingerprint density at radius 1 is 1.30 bits per heavy atom. The van der Waals surface area contributed by atoms with Crippen LogP contribution in [0.1, 0.15) is 12.5 Å². The second kappa shape index (κ2) is 7.17. The van der Waals surface area contributed by atoms with Crippen LogP contribution in [0.2, 0.25) is 0 Å². The van der Waals surface area contributed by atoms with E-state index >= 15 is 0 Å². The molecule has 23 heavy (non-hydrogen) atoms. The van der Waals surface area contributed by atoms with Gasteiger partial charge in [-0.05, 0) is 24.1 Å². The molecule has 0 aliphatic heterocycles. The number of anilines is 1. The average Bonchev–Trinajstić information content (AvgIpc) is 2.97. The zero-order valence-electron chi connectivity index (χ0n) is 12.5. The third kappa shape index (κ3) is 5.01. The fourth-order valence-corrected chi connectivity index (χ4v) is 2.07. The lowest BCUT2D eigenvalue weighted by molar-refractivity contribution is -0.136. The lowest BCUT2D eigenvalue weighted by Crippen LogP contribution is -2.34. The molecule has 5 nitrogen and oxygen atoms in total. The molecule has 2 aromatic rings. The van der Waals surface area contributed by atoms with Gasteiger partial charge in [0.1, 0.15) is 0 Å². The topological polar surface area (TPSA) is 59.0 Å². The summed E-state index contributed by atoms with van der Waals surface area (Å²) in [5, 5.41) is 8.86. The van der Waals surface area contributed by atoms with Crippen LogP contribution in [-0.2, 0) is 12.7 Å². The Hall–Kier alpha value is -2.51. The second-order valence-corrected chi connectivity index (χ2v) is 5.21. The monoisotopic (exact) mass is 326 g/mol. The number of alkyl halides is 3. The van der Waals surface area contributed by atoms with Crippen molar-refractivity contribution in [1.29, 1.82) is 0 Å². The molecule has 0 fully saturated rings. The summed E-state index contributed by atoms with van der Waals surface area (Å²) >= 11 is 0. The Morgan fingerprint density at radius 3 is 2.70 bits per heavy atom. The lowest BCUT2D eigenvalue weighted by Gasteiger charge is -2.16. The van der Waals surface area contributed by atoms with Gasteiger partial charge >= 0.3 is 12.2 Å². The van der Waals surface area contributed by atoms with Crippen LogP contribution in [0, 0.1) is 5.92 Å². The second-order valence-electron chi connectivity index (χ2n) is 5.21. The summed E-state index contributed by atoms with van der Waals surface area (Å²) < 4.78 is 40.3. The molecular formula is C15H17F3N4O. The quantitative estimate of drug-likeness (QED) is 0.885. The van der Waals surface area contributed by atoms with Crippen molar-refractivity contribution in [3.05, 3.63) is 48.3 Å². The number of halogens is 3. The summed E-state index contributed by atoms with van der Waals surface area (Å²) in [4.78, 5) is 11.8. The molecule has 0 aliphatic rings. The van der Waals surface area contributed by atoms with Gasteiger partial charge in [-0.3, -0.25) is 4.68 Å². The van der Waals surface area contributed by atoms with Gasteiger partial charge in [0.25, 0.3) is 0 Å². The first-order valence-corrected chi connectivity index (χ1v) is 7.05. The van der Waals surface area contributed by atoms with Crippen LogP contribution in [-0.4, -0.2) is 22.4 Å². The SMILES string of the molecule is C[C@H](CNC(=O)Nc1ccccc1C(F)(F)F)Cn1cccn1. The van der Waals surface area contributed by atoms with Crippen molar-refractivity contribution >= 4 is 11.7 Å². The maximum atomic E-state index is 12.8. The van der Waals surface area contributed by atoms with E-state index in [2.05, 4.69) is 15.7 Å². The first-order valence-electron chi connectivity index (χ1n) is 7.05. The fourth-order valence-electron chi connectivity index (χ4n) is 2.07. The van der Waals surface area contributed by atoms with E-state index in [1.807, 2.05) is 6.92 Å². The van der Waals surface area contributed by atoms with Crippen molar-refractivity contribution in [3.8, 4) is 0 Å². The number of aromatic nitrogens is 2. The molecule has 0 saturated carbocycles. The normalized spacial score (nSPS) is 12.7. The van der Waals surface area contributed by atoms with Crippen molar-refractivity contribution in [1.82, 2.24) is 15.1 Å². The number of urea groups is 1. The van der Waals surface area contributed by atoms with Gasteiger partial charge in [-0.25, -0.2) is 4.79 Å². The molecule has 0 bridgehead atoms. The Balaban J connectivity index is 1.88. The summed E-state index contributed by atoms with van der Waals surface area (Å²) in [5.74, 6) is 0.0820. The highest BCUT2D eigenvalue weighted by atomic mass is 19.4. The van der Waals surface area contributed by atoms with Crippen LogP contribution in [0.5, 0.6) is 0 Å². The Kier molecular flexibility index (Phi) is 5.25. The maximum Gasteiger partial charge on any atom is 0.418 e. The molecule has 1 aromatic carbocycles. The summed E-state index contributed by atoms with van der Waals surface area (Å²) in [6.07, 6.45) is -1.06. The van der Waals surface area contributed by atoms with E-state index in [4.69, 9.17) is 0 Å². The summed E-state index contributed by atoms with van der Waals surface area (Å²) in [6, 6.07) is 5.98. The predicted octanol–water partition coefficient (Wildman–Crippen LogP) is 3.36. The number of carbonyl (C=O) groups excluding carboxylic acids is 1. The van der Waals surface area contributed by atoms with Gasteiger partial charge < -0.3 is 10.6 Å². The molecule has 2 N–H and O–H groups in total. The van der Waals surface area contributed by atoms with Crippen molar-refractivity contribution in [3.63, 3.8) is 0 Å². The van der Waals surface area contributed by atoms with Gasteiger partial charge in [-0.1, -0.05) is 19.1 Å². The largest absolute Gasteiger partial charge is 0.418 e. The number of nitrogens with one attached hydrogen (secondary N) is 2. The third-order valence-electron chi connectivity index (χ3n) is 3.15. The molecule has 0 aliphatic carbocycles. The molecule has 0 radical (unpaired) electrons. The van der Waals surface area contributed by atoms with Crippen LogP contribution in [0.25, 0.3) is 0 Å². The molecule has 2 rings (SSSR count). The van der Waals surface area contributed by atoms with E-state index in [1.54, 1.807) is 23.1 Å². The lowest BCUT2D eigenvalue weighted by atomic mass is 10.1. The van der Waals surface area contributed by atoms with E-state index < -0.39 is 17.8 Å². The molecule has 1 atom stereocenters. The number of rotatable bonds is 5. The molecule has 2 amide bonds. The number of nitrogens with zero attached hydrogens (tertiary/aromatic N) is 2. The van der Waals surface area contributed by atoms with Crippen LogP contribution < -0.4 is 10.6 Å². The van der Waals surface area contributed by atoms with Gasteiger partial charge in [-0.15, -0.1) is 0 Å². The van der Waals surface area contributed by atoms with Crippen molar-refractivity contribution in [2.75, 3.05) is 11.9 Å². The van der Waals surface area contributed by atoms with Gasteiger partial charge in [-0.2, -0.15) is 18.3 Å². The van der Waals surface area contributed by atoms with Crippen LogP contribution in [0.3, 0.4) is 0 Å². The molecule has 0 saturated heterocycles. The van der Waals surface area contributed by atoms with Crippen molar-refractivity contribution in [2.45, 2.75) is 19.6 Å². The van der Waals surface area contributed by atoms with Crippen LogP contribution in [0.15, 0.2) is 42.7 Å². The molecular weight excluding hydrogens is 309 g/mol. The first-order chi connectivity index (χ1) is 10.9. The zero-order valence-corrected chi connectivity index (χ0v) is 12.5. The smallest absolute Gasteiger partial charge is 0.338 e. The van der Waals surface area contributed by atoms with Gasteiger partial charge in [0, 0.05) is 25.5 Å². The van der Waals surface area contributed by atoms with Gasteiger partial charge in [0.15, 0.2) is 0 Å². The molecule has 0 spiro atoms. The third-order valence-corrected chi connectivity index (χ3v) is 3.15. The van der Waals surface area contributed by atoms with E-state index in [1.165, 1.54) is 18.2 Å². The van der Waals surface area contributed by atoms with Crippen molar-refractivity contribution in [2.24, 2.45) is 5.92 Å². The van der Waals surface area contributed by atoms with E-state index in [-0.39, 0.29) is 11.6 Å². The minimum absolute atomic E-state index is 0.0820. The summed E-state index contributed by atoms with van der Waals surface area (Å²) in [5.41, 5.74) is -1.14. The maximum absolute atomic E-state index is 12.8. The number of hydrogen-bond acceptors (Lipinski definition) is 2. The Bertz CT molecular complexity index is 640. The molecule has 1 aromatic heterocycles. The van der Waals surface area contributed by atoms with Gasteiger partial charge in [0.05, 0.1) is 11.3 Å². The number of benzene rings is 1. The van der Waals surface area contributed by atoms with Crippen LogP contribution in [0.4, 0.5) is 23.7 Å². The van der Waals surface area contributed by atoms with Crippen molar-refractivity contribution < 1.29 is 18.0 Å². The minimum atomic E-state index is -4.52. The molecule has 0 unspecified atom stereocenters.